The van der Waals surface area contributed by atoms with Crippen molar-refractivity contribution in [1.29, 1.82) is 0 Å². The predicted octanol–water partition coefficient (Wildman–Crippen LogP) is 1.88. The van der Waals surface area contributed by atoms with Gasteiger partial charge in [-0.2, -0.15) is 0 Å². The zero-order valence-corrected chi connectivity index (χ0v) is 11.8. The SMILES string of the molecule is CC(C)C1CCN(C(=O)N(CC(=O)O)CC2CC2)C1. The van der Waals surface area contributed by atoms with Crippen molar-refractivity contribution >= 4 is 12.0 Å². The van der Waals surface area contributed by atoms with Crippen LogP contribution in [-0.4, -0.2) is 53.1 Å². The van der Waals surface area contributed by atoms with Gasteiger partial charge in [-0.3, -0.25) is 4.79 Å². The lowest BCUT2D eigenvalue weighted by Gasteiger charge is -2.27. The number of likely N-dealkylation sites (tertiary alicyclic amines) is 1. The highest BCUT2D eigenvalue weighted by molar-refractivity contribution is 5.80. The number of carboxylic acids is 1. The van der Waals surface area contributed by atoms with E-state index in [1.54, 1.807) is 0 Å². The molecule has 0 radical (unpaired) electrons. The van der Waals surface area contributed by atoms with Crippen LogP contribution in [0.25, 0.3) is 0 Å². The van der Waals surface area contributed by atoms with Crippen LogP contribution in [0, 0.1) is 17.8 Å². The quantitative estimate of drug-likeness (QED) is 0.828. The molecule has 19 heavy (non-hydrogen) atoms. The number of urea groups is 1. The maximum atomic E-state index is 12.4. The summed E-state index contributed by atoms with van der Waals surface area (Å²) < 4.78 is 0. The predicted molar refractivity (Wildman–Crippen MR) is 71.8 cm³/mol. The van der Waals surface area contributed by atoms with Crippen molar-refractivity contribution < 1.29 is 14.7 Å². The number of hydrogen-bond donors (Lipinski definition) is 1. The molecule has 1 saturated heterocycles. The summed E-state index contributed by atoms with van der Waals surface area (Å²) in [5, 5.41) is 8.94. The lowest BCUT2D eigenvalue weighted by molar-refractivity contribution is -0.137. The lowest BCUT2D eigenvalue weighted by Crippen LogP contribution is -2.45. The molecule has 1 unspecified atom stereocenters. The van der Waals surface area contributed by atoms with Gasteiger partial charge in [0.15, 0.2) is 0 Å². The minimum Gasteiger partial charge on any atom is -0.480 e. The van der Waals surface area contributed by atoms with Crippen molar-refractivity contribution in [3.8, 4) is 0 Å². The third-order valence-electron chi connectivity index (χ3n) is 4.21. The molecule has 2 fully saturated rings. The van der Waals surface area contributed by atoms with Crippen LogP contribution in [0.3, 0.4) is 0 Å². The zero-order valence-electron chi connectivity index (χ0n) is 11.8. The monoisotopic (exact) mass is 268 g/mol. The molecule has 108 valence electrons. The van der Waals surface area contributed by atoms with E-state index in [2.05, 4.69) is 13.8 Å². The Morgan fingerprint density at radius 2 is 2.00 bits per heavy atom. The standard InChI is InChI=1S/C14H24N2O3/c1-10(2)12-5-6-15(8-12)14(19)16(9-13(17)18)7-11-3-4-11/h10-12H,3-9H2,1-2H3,(H,17,18). The van der Waals surface area contributed by atoms with Gasteiger partial charge in [0.1, 0.15) is 6.54 Å². The molecule has 1 N–H and O–H groups in total. The van der Waals surface area contributed by atoms with Gasteiger partial charge in [-0.15, -0.1) is 0 Å². The van der Waals surface area contributed by atoms with E-state index in [1.165, 1.54) is 4.90 Å². The number of carbonyl (C=O) groups excluding carboxylic acids is 1. The van der Waals surface area contributed by atoms with E-state index in [4.69, 9.17) is 5.11 Å². The van der Waals surface area contributed by atoms with Gasteiger partial charge in [-0.05, 0) is 37.0 Å². The Morgan fingerprint density at radius 1 is 1.32 bits per heavy atom. The summed E-state index contributed by atoms with van der Waals surface area (Å²) in [5.41, 5.74) is 0. The van der Waals surface area contributed by atoms with Crippen molar-refractivity contribution in [1.82, 2.24) is 9.80 Å². The molecule has 0 spiro atoms. The molecule has 0 bridgehead atoms. The van der Waals surface area contributed by atoms with Crippen molar-refractivity contribution in [2.24, 2.45) is 17.8 Å². The minimum atomic E-state index is -0.923. The summed E-state index contributed by atoms with van der Waals surface area (Å²) in [7, 11) is 0. The first-order chi connectivity index (χ1) is 8.97. The van der Waals surface area contributed by atoms with E-state index in [0.717, 1.165) is 32.4 Å². The average molecular weight is 268 g/mol. The van der Waals surface area contributed by atoms with Crippen LogP contribution in [0.5, 0.6) is 0 Å². The molecule has 0 aromatic carbocycles. The van der Waals surface area contributed by atoms with Crippen LogP contribution in [0.4, 0.5) is 4.79 Å². The molecule has 0 aromatic rings. The van der Waals surface area contributed by atoms with Gasteiger partial charge in [0.05, 0.1) is 0 Å². The second kappa shape index (κ2) is 5.80. The molecule has 5 heteroatoms. The Kier molecular flexibility index (Phi) is 4.32. The first kappa shape index (κ1) is 14.2. The second-order valence-corrected chi connectivity index (χ2v) is 6.24. The van der Waals surface area contributed by atoms with Gasteiger partial charge in [0.25, 0.3) is 0 Å². The Bertz CT molecular complexity index is 353. The molecular weight excluding hydrogens is 244 g/mol. The third kappa shape index (κ3) is 3.85. The first-order valence-electron chi connectivity index (χ1n) is 7.23. The summed E-state index contributed by atoms with van der Waals surface area (Å²) in [6, 6.07) is -0.0857. The van der Waals surface area contributed by atoms with E-state index in [1.807, 2.05) is 4.90 Å². The average Bonchev–Trinajstić information content (AvgIpc) is 3.00. The summed E-state index contributed by atoms with van der Waals surface area (Å²) in [4.78, 5) is 26.6. The number of nitrogens with zero attached hydrogens (tertiary/aromatic N) is 2. The number of carboxylic acid groups (broad SMARTS) is 1. The molecule has 2 aliphatic rings. The maximum absolute atomic E-state index is 12.4. The van der Waals surface area contributed by atoms with E-state index in [-0.39, 0.29) is 12.6 Å². The van der Waals surface area contributed by atoms with Crippen molar-refractivity contribution in [2.75, 3.05) is 26.2 Å². The molecule has 2 rings (SSSR count). The zero-order chi connectivity index (χ0) is 14.0. The van der Waals surface area contributed by atoms with Crippen molar-refractivity contribution in [3.05, 3.63) is 0 Å². The molecular formula is C14H24N2O3. The van der Waals surface area contributed by atoms with E-state index in [9.17, 15) is 9.59 Å². The van der Waals surface area contributed by atoms with Crippen molar-refractivity contribution in [2.45, 2.75) is 33.1 Å². The summed E-state index contributed by atoms with van der Waals surface area (Å²) in [5.74, 6) is 0.728. The number of carbonyl (C=O) groups is 2. The minimum absolute atomic E-state index is 0.0857. The van der Waals surface area contributed by atoms with Gasteiger partial charge >= 0.3 is 12.0 Å². The fraction of sp³-hybridized carbons (Fsp3) is 0.857. The van der Waals surface area contributed by atoms with Gasteiger partial charge in [0.2, 0.25) is 0 Å². The molecule has 1 aliphatic carbocycles. The number of amides is 2. The first-order valence-corrected chi connectivity index (χ1v) is 7.23. The highest BCUT2D eigenvalue weighted by Crippen LogP contribution is 2.31. The highest BCUT2D eigenvalue weighted by atomic mass is 16.4. The Hall–Kier alpha value is -1.26. The van der Waals surface area contributed by atoms with E-state index in [0.29, 0.717) is 24.3 Å². The third-order valence-corrected chi connectivity index (χ3v) is 4.21. The molecule has 5 nitrogen and oxygen atoms in total. The van der Waals surface area contributed by atoms with Crippen LogP contribution in [0.2, 0.25) is 0 Å². The van der Waals surface area contributed by atoms with Gasteiger partial charge in [0, 0.05) is 19.6 Å². The van der Waals surface area contributed by atoms with Gasteiger partial charge in [-0.1, -0.05) is 13.8 Å². The normalized spacial score (nSPS) is 22.9. The smallest absolute Gasteiger partial charge is 0.323 e. The van der Waals surface area contributed by atoms with Crippen LogP contribution >= 0.6 is 0 Å². The van der Waals surface area contributed by atoms with Crippen LogP contribution < -0.4 is 0 Å². The molecule has 1 aliphatic heterocycles. The van der Waals surface area contributed by atoms with Crippen LogP contribution in [0.15, 0.2) is 0 Å². The Morgan fingerprint density at radius 3 is 2.47 bits per heavy atom. The van der Waals surface area contributed by atoms with E-state index < -0.39 is 5.97 Å². The summed E-state index contributed by atoms with van der Waals surface area (Å²) in [6.07, 6.45) is 3.28. The highest BCUT2D eigenvalue weighted by Gasteiger charge is 2.34. The van der Waals surface area contributed by atoms with Crippen molar-refractivity contribution in [3.63, 3.8) is 0 Å². The number of aliphatic carboxylic acids is 1. The molecule has 2 amide bonds. The van der Waals surface area contributed by atoms with Gasteiger partial charge in [-0.25, -0.2) is 4.79 Å². The Labute approximate surface area is 114 Å². The van der Waals surface area contributed by atoms with E-state index >= 15 is 0 Å². The summed E-state index contributed by atoms with van der Waals surface area (Å²) in [6.45, 7) is 6.33. The van der Waals surface area contributed by atoms with Gasteiger partial charge < -0.3 is 14.9 Å². The number of hydrogen-bond acceptors (Lipinski definition) is 2. The topological polar surface area (TPSA) is 60.9 Å². The lowest BCUT2D eigenvalue weighted by atomic mass is 9.95. The Balaban J connectivity index is 1.92. The number of rotatable bonds is 5. The largest absolute Gasteiger partial charge is 0.480 e. The maximum Gasteiger partial charge on any atom is 0.323 e. The molecule has 1 heterocycles. The molecule has 1 atom stereocenters. The second-order valence-electron chi connectivity index (χ2n) is 6.24. The summed E-state index contributed by atoms with van der Waals surface area (Å²) >= 11 is 0. The molecule has 1 saturated carbocycles. The molecule has 0 aromatic heterocycles. The van der Waals surface area contributed by atoms with Crippen LogP contribution in [-0.2, 0) is 4.79 Å². The fourth-order valence-electron chi connectivity index (χ4n) is 2.69. The van der Waals surface area contributed by atoms with Crippen LogP contribution in [0.1, 0.15) is 33.1 Å². The fourth-order valence-corrected chi connectivity index (χ4v) is 2.69.